The van der Waals surface area contributed by atoms with Gasteiger partial charge >= 0.3 is 0 Å². The first kappa shape index (κ1) is 14.4. The number of aliphatic hydroxyl groups is 1. The number of ether oxygens (including phenoxy) is 1. The van der Waals surface area contributed by atoms with Gasteiger partial charge in [0, 0.05) is 18.3 Å². The molecule has 1 unspecified atom stereocenters. The lowest BCUT2D eigenvalue weighted by molar-refractivity contribution is -0.124. The van der Waals surface area contributed by atoms with Crippen LogP contribution in [0.25, 0.3) is 0 Å². The highest BCUT2D eigenvalue weighted by Gasteiger charge is 2.33. The molecule has 2 atom stereocenters. The topological polar surface area (TPSA) is 61.8 Å². The van der Waals surface area contributed by atoms with E-state index in [1.165, 1.54) is 0 Å². The van der Waals surface area contributed by atoms with E-state index in [1.54, 1.807) is 6.92 Å². The third-order valence-corrected chi connectivity index (χ3v) is 4.06. The first-order valence-corrected chi connectivity index (χ1v) is 7.58. The van der Waals surface area contributed by atoms with Gasteiger partial charge in [0.05, 0.1) is 19.3 Å². The van der Waals surface area contributed by atoms with E-state index in [-0.39, 0.29) is 11.9 Å². The van der Waals surface area contributed by atoms with Gasteiger partial charge in [0.25, 0.3) is 0 Å². The van der Waals surface area contributed by atoms with Crippen LogP contribution in [-0.2, 0) is 9.53 Å². The Balaban J connectivity index is 1.74. The number of carbonyl (C=O) groups is 1. The number of rotatable bonds is 4. The van der Waals surface area contributed by atoms with Crippen LogP contribution < -0.4 is 10.2 Å². The van der Waals surface area contributed by atoms with Gasteiger partial charge in [-0.25, -0.2) is 0 Å². The summed E-state index contributed by atoms with van der Waals surface area (Å²) in [6.45, 7) is 3.51. The molecule has 3 rings (SSSR count). The maximum Gasteiger partial charge on any atom is 0.245 e. The van der Waals surface area contributed by atoms with Crippen LogP contribution in [0.4, 0.5) is 5.69 Å². The van der Waals surface area contributed by atoms with E-state index in [0.717, 1.165) is 24.1 Å². The van der Waals surface area contributed by atoms with Crippen molar-refractivity contribution in [1.29, 1.82) is 0 Å². The number of aliphatic hydroxyl groups excluding tert-OH is 1. The van der Waals surface area contributed by atoms with E-state index in [4.69, 9.17) is 4.74 Å². The van der Waals surface area contributed by atoms with Crippen molar-refractivity contribution in [2.75, 3.05) is 24.7 Å². The largest absolute Gasteiger partial charge is 0.389 e. The third kappa shape index (κ3) is 3.36. The van der Waals surface area contributed by atoms with E-state index in [2.05, 4.69) is 10.2 Å². The summed E-state index contributed by atoms with van der Waals surface area (Å²) in [7, 11) is 0. The van der Waals surface area contributed by atoms with Crippen molar-refractivity contribution in [3.8, 4) is 0 Å². The van der Waals surface area contributed by atoms with Gasteiger partial charge in [-0.15, -0.1) is 0 Å². The molecule has 1 amide bonds. The van der Waals surface area contributed by atoms with Crippen LogP contribution in [0.1, 0.15) is 31.4 Å². The van der Waals surface area contributed by atoms with Gasteiger partial charge in [0.1, 0.15) is 6.04 Å². The van der Waals surface area contributed by atoms with Gasteiger partial charge in [-0.3, -0.25) is 4.79 Å². The van der Waals surface area contributed by atoms with Crippen molar-refractivity contribution >= 4 is 11.6 Å². The lowest BCUT2D eigenvalue weighted by Crippen LogP contribution is -2.54. The highest BCUT2D eigenvalue weighted by molar-refractivity contribution is 5.86. The number of amides is 1. The highest BCUT2D eigenvalue weighted by atomic mass is 16.5. The molecule has 0 aromatic heterocycles. The number of nitrogens with zero attached hydrogens (tertiary/aromatic N) is 1. The van der Waals surface area contributed by atoms with Gasteiger partial charge in [0.2, 0.25) is 5.91 Å². The normalized spacial score (nSPS) is 23.7. The molecule has 1 aromatic rings. The van der Waals surface area contributed by atoms with Crippen molar-refractivity contribution in [3.63, 3.8) is 0 Å². The summed E-state index contributed by atoms with van der Waals surface area (Å²) in [5.74, 6) is 0.0526. The van der Waals surface area contributed by atoms with Crippen LogP contribution in [0.2, 0.25) is 0 Å². The smallest absolute Gasteiger partial charge is 0.245 e. The van der Waals surface area contributed by atoms with Crippen LogP contribution in [0, 0.1) is 0 Å². The molecule has 2 fully saturated rings. The molecule has 2 aliphatic rings. The minimum Gasteiger partial charge on any atom is -0.389 e. The fraction of sp³-hybridized carbons (Fsp3) is 0.562. The Kier molecular flexibility index (Phi) is 4.12. The molecule has 1 aliphatic carbocycles. The van der Waals surface area contributed by atoms with E-state index in [9.17, 15) is 9.90 Å². The highest BCUT2D eigenvalue weighted by Crippen LogP contribution is 2.24. The molecule has 1 saturated carbocycles. The van der Waals surface area contributed by atoms with Crippen LogP contribution in [0.5, 0.6) is 0 Å². The van der Waals surface area contributed by atoms with E-state index < -0.39 is 6.10 Å². The van der Waals surface area contributed by atoms with E-state index >= 15 is 0 Å². The van der Waals surface area contributed by atoms with Gasteiger partial charge < -0.3 is 20.1 Å². The Morgan fingerprint density at radius 1 is 1.38 bits per heavy atom. The average molecular weight is 290 g/mol. The molecule has 114 valence electrons. The summed E-state index contributed by atoms with van der Waals surface area (Å²) in [6, 6.07) is 7.84. The number of morpholine rings is 1. The molecule has 1 aromatic carbocycles. The summed E-state index contributed by atoms with van der Waals surface area (Å²) in [5, 5.41) is 12.6. The Bertz CT molecular complexity index is 497. The second-order valence-corrected chi connectivity index (χ2v) is 5.83. The lowest BCUT2D eigenvalue weighted by Gasteiger charge is -2.36. The molecule has 1 heterocycles. The molecule has 0 bridgehead atoms. The molecule has 1 saturated heterocycles. The maximum absolute atomic E-state index is 12.3. The lowest BCUT2D eigenvalue weighted by atomic mass is 10.1. The standard InChI is InChI=1S/C16H22N2O3/c1-11(19)12-2-6-14(7-3-12)18-8-9-21-10-15(18)16(20)17-13-4-5-13/h2-3,6-7,11,13,15,19H,4-5,8-10H2,1H3,(H,17,20)/t11-,15?/m0/s1. The molecular formula is C16H22N2O3. The van der Waals surface area contributed by atoms with Gasteiger partial charge in [-0.1, -0.05) is 12.1 Å². The Hall–Kier alpha value is -1.59. The molecule has 5 nitrogen and oxygen atoms in total. The second-order valence-electron chi connectivity index (χ2n) is 5.83. The fourth-order valence-corrected chi connectivity index (χ4v) is 2.60. The third-order valence-electron chi connectivity index (χ3n) is 4.06. The zero-order chi connectivity index (χ0) is 14.8. The molecule has 2 N–H and O–H groups in total. The maximum atomic E-state index is 12.3. The number of hydrogen-bond donors (Lipinski definition) is 2. The molecule has 1 aliphatic heterocycles. The van der Waals surface area contributed by atoms with Gasteiger partial charge in [-0.2, -0.15) is 0 Å². The second kappa shape index (κ2) is 6.03. The molecule has 0 radical (unpaired) electrons. The van der Waals surface area contributed by atoms with E-state index in [0.29, 0.717) is 25.8 Å². The minimum absolute atomic E-state index is 0.0526. The Morgan fingerprint density at radius 3 is 2.71 bits per heavy atom. The number of hydrogen-bond acceptors (Lipinski definition) is 4. The first-order chi connectivity index (χ1) is 10.1. The Morgan fingerprint density at radius 2 is 2.10 bits per heavy atom. The van der Waals surface area contributed by atoms with Crippen molar-refractivity contribution in [2.24, 2.45) is 0 Å². The number of anilines is 1. The summed E-state index contributed by atoms with van der Waals surface area (Å²) in [5.41, 5.74) is 1.88. The zero-order valence-electron chi connectivity index (χ0n) is 12.3. The Labute approximate surface area is 124 Å². The zero-order valence-corrected chi connectivity index (χ0v) is 12.3. The minimum atomic E-state index is -0.474. The van der Waals surface area contributed by atoms with Gasteiger partial charge in [0.15, 0.2) is 0 Å². The summed E-state index contributed by atoms with van der Waals surface area (Å²) in [6.07, 6.45) is 1.70. The predicted molar refractivity (Wildman–Crippen MR) is 80.2 cm³/mol. The quantitative estimate of drug-likeness (QED) is 0.875. The number of nitrogens with one attached hydrogen (secondary N) is 1. The van der Waals surface area contributed by atoms with Crippen LogP contribution >= 0.6 is 0 Å². The predicted octanol–water partition coefficient (Wildman–Crippen LogP) is 1.22. The van der Waals surface area contributed by atoms with Crippen LogP contribution in [-0.4, -0.2) is 42.9 Å². The molecule has 0 spiro atoms. The fourth-order valence-electron chi connectivity index (χ4n) is 2.60. The van der Waals surface area contributed by atoms with Crippen molar-refractivity contribution in [3.05, 3.63) is 29.8 Å². The van der Waals surface area contributed by atoms with Crippen LogP contribution in [0.15, 0.2) is 24.3 Å². The molecular weight excluding hydrogens is 268 g/mol. The van der Waals surface area contributed by atoms with E-state index in [1.807, 2.05) is 24.3 Å². The number of carbonyl (C=O) groups excluding carboxylic acids is 1. The molecule has 5 heteroatoms. The summed E-state index contributed by atoms with van der Waals surface area (Å²) < 4.78 is 5.48. The SMILES string of the molecule is C[C@H](O)c1ccc(N2CCOCC2C(=O)NC2CC2)cc1. The van der Waals surface area contributed by atoms with Gasteiger partial charge in [-0.05, 0) is 37.5 Å². The number of benzene rings is 1. The summed E-state index contributed by atoms with van der Waals surface area (Å²) in [4.78, 5) is 14.4. The van der Waals surface area contributed by atoms with Crippen molar-refractivity contribution < 1.29 is 14.6 Å². The summed E-state index contributed by atoms with van der Waals surface area (Å²) >= 11 is 0. The average Bonchev–Trinajstić information content (AvgIpc) is 3.31. The van der Waals surface area contributed by atoms with Crippen LogP contribution in [0.3, 0.4) is 0 Å². The van der Waals surface area contributed by atoms with Crippen molar-refractivity contribution in [2.45, 2.75) is 38.0 Å². The molecule has 21 heavy (non-hydrogen) atoms. The first-order valence-electron chi connectivity index (χ1n) is 7.58. The monoisotopic (exact) mass is 290 g/mol. The van der Waals surface area contributed by atoms with Crippen molar-refractivity contribution in [1.82, 2.24) is 5.32 Å².